The largest absolute Gasteiger partial charge is 0.479 e. The Kier molecular flexibility index (Phi) is 3.66. The average Bonchev–Trinajstić information content (AvgIpc) is 2.26. The molecule has 0 aliphatic rings. The summed E-state index contributed by atoms with van der Waals surface area (Å²) in [6.45, 7) is 0. The molecule has 92 valence electrons. The monoisotopic (exact) mass is 241 g/mol. The van der Waals surface area contributed by atoms with Crippen molar-refractivity contribution in [3.05, 3.63) is 29.3 Å². The Morgan fingerprint density at radius 2 is 1.76 bits per heavy atom. The minimum absolute atomic E-state index is 0.0994. The minimum atomic E-state index is -2.14. The normalized spacial score (nSPS) is 14.0. The quantitative estimate of drug-likeness (QED) is 0.445. The van der Waals surface area contributed by atoms with Crippen LogP contribution in [0, 0.1) is 0 Å². The minimum Gasteiger partial charge on any atom is -0.479 e. The van der Waals surface area contributed by atoms with Gasteiger partial charge in [-0.15, -0.1) is 0 Å². The average molecular weight is 241 g/mol. The molecule has 0 aliphatic carbocycles. The molecule has 0 aliphatic heterocycles. The summed E-state index contributed by atoms with van der Waals surface area (Å²) < 4.78 is 0. The Balaban J connectivity index is 3.29. The molecule has 0 bridgehead atoms. The van der Waals surface area contributed by atoms with Crippen molar-refractivity contribution in [2.24, 2.45) is 0 Å². The zero-order chi connectivity index (χ0) is 13.2. The van der Waals surface area contributed by atoms with Crippen molar-refractivity contribution in [3.8, 4) is 0 Å². The van der Waals surface area contributed by atoms with Gasteiger partial charge in [-0.2, -0.15) is 0 Å². The number of hydrogen-bond donors (Lipinski definition) is 5. The molecule has 0 saturated carbocycles. The molecule has 0 heterocycles. The van der Waals surface area contributed by atoms with Gasteiger partial charge in [0.15, 0.2) is 6.10 Å². The number of nitrogen functional groups attached to an aromatic ring is 1. The molecule has 2 unspecified atom stereocenters. The van der Waals surface area contributed by atoms with Crippen LogP contribution in [0.2, 0.25) is 0 Å². The lowest BCUT2D eigenvalue weighted by Gasteiger charge is -2.18. The SMILES string of the molecule is Nc1cccc(C(=O)O)c1C(O)C(O)C(=O)O. The molecule has 0 fully saturated rings. The topological polar surface area (TPSA) is 141 Å². The molecule has 0 spiro atoms. The number of carboxylic acid groups (broad SMARTS) is 2. The summed E-state index contributed by atoms with van der Waals surface area (Å²) in [6, 6.07) is 3.81. The second kappa shape index (κ2) is 4.81. The lowest BCUT2D eigenvalue weighted by atomic mass is 9.97. The van der Waals surface area contributed by atoms with Crippen LogP contribution in [0.15, 0.2) is 18.2 Å². The first-order valence-corrected chi connectivity index (χ1v) is 4.57. The third-order valence-corrected chi connectivity index (χ3v) is 2.22. The summed E-state index contributed by atoms with van der Waals surface area (Å²) in [5, 5.41) is 36.2. The Morgan fingerprint density at radius 1 is 1.18 bits per heavy atom. The van der Waals surface area contributed by atoms with Gasteiger partial charge in [0.2, 0.25) is 0 Å². The van der Waals surface area contributed by atoms with Crippen LogP contribution in [0.25, 0.3) is 0 Å². The number of rotatable bonds is 4. The number of aliphatic hydroxyl groups is 2. The Labute approximate surface area is 95.7 Å². The van der Waals surface area contributed by atoms with Gasteiger partial charge in [0, 0.05) is 11.3 Å². The van der Waals surface area contributed by atoms with Gasteiger partial charge in [0.25, 0.3) is 0 Å². The van der Waals surface area contributed by atoms with Gasteiger partial charge in [-0.25, -0.2) is 9.59 Å². The van der Waals surface area contributed by atoms with Gasteiger partial charge in [-0.3, -0.25) is 0 Å². The van der Waals surface area contributed by atoms with Crippen molar-refractivity contribution in [3.63, 3.8) is 0 Å². The summed E-state index contributed by atoms with van der Waals surface area (Å²) in [6.07, 6.45) is -4.04. The molecular weight excluding hydrogens is 230 g/mol. The van der Waals surface area contributed by atoms with E-state index in [1.54, 1.807) is 0 Å². The maximum Gasteiger partial charge on any atom is 0.336 e. The highest BCUT2D eigenvalue weighted by Crippen LogP contribution is 2.27. The van der Waals surface area contributed by atoms with E-state index in [9.17, 15) is 19.8 Å². The maximum atomic E-state index is 10.9. The van der Waals surface area contributed by atoms with Crippen molar-refractivity contribution in [2.45, 2.75) is 12.2 Å². The Hall–Kier alpha value is -2.12. The van der Waals surface area contributed by atoms with Crippen LogP contribution in [0.3, 0.4) is 0 Å². The van der Waals surface area contributed by atoms with E-state index in [1.807, 2.05) is 0 Å². The van der Waals surface area contributed by atoms with E-state index in [0.717, 1.165) is 6.07 Å². The van der Waals surface area contributed by atoms with E-state index in [1.165, 1.54) is 12.1 Å². The number of nitrogens with two attached hydrogens (primary N) is 1. The molecule has 0 amide bonds. The van der Waals surface area contributed by atoms with Crippen LogP contribution < -0.4 is 5.73 Å². The fourth-order valence-corrected chi connectivity index (χ4v) is 1.39. The molecule has 0 aromatic heterocycles. The van der Waals surface area contributed by atoms with E-state index in [-0.39, 0.29) is 16.8 Å². The highest BCUT2D eigenvalue weighted by atomic mass is 16.4. The third-order valence-electron chi connectivity index (χ3n) is 2.22. The molecule has 17 heavy (non-hydrogen) atoms. The van der Waals surface area contributed by atoms with Crippen molar-refractivity contribution in [1.82, 2.24) is 0 Å². The van der Waals surface area contributed by atoms with Crippen LogP contribution in [-0.2, 0) is 4.79 Å². The van der Waals surface area contributed by atoms with Gasteiger partial charge in [0.05, 0.1) is 5.56 Å². The van der Waals surface area contributed by atoms with Gasteiger partial charge in [0.1, 0.15) is 6.10 Å². The lowest BCUT2D eigenvalue weighted by molar-refractivity contribution is -0.153. The van der Waals surface area contributed by atoms with E-state index in [4.69, 9.17) is 15.9 Å². The standard InChI is InChI=1S/C10H11NO6/c11-5-3-1-2-4(9(14)15)6(5)7(12)8(13)10(16)17/h1-3,7-8,12-13H,11H2,(H,14,15)(H,16,17). The number of anilines is 1. The van der Waals surface area contributed by atoms with E-state index >= 15 is 0 Å². The fraction of sp³-hybridized carbons (Fsp3) is 0.200. The van der Waals surface area contributed by atoms with Gasteiger partial charge in [-0.1, -0.05) is 6.07 Å². The number of carboxylic acids is 2. The lowest BCUT2D eigenvalue weighted by Crippen LogP contribution is -2.29. The van der Waals surface area contributed by atoms with Crippen LogP contribution in [0.5, 0.6) is 0 Å². The van der Waals surface area contributed by atoms with Crippen LogP contribution in [0.1, 0.15) is 22.0 Å². The van der Waals surface area contributed by atoms with Crippen LogP contribution in [0.4, 0.5) is 5.69 Å². The Morgan fingerprint density at radius 3 is 2.24 bits per heavy atom. The first-order valence-electron chi connectivity index (χ1n) is 4.57. The van der Waals surface area contributed by atoms with Crippen LogP contribution in [-0.4, -0.2) is 38.5 Å². The predicted octanol–water partition coefficient (Wildman–Crippen LogP) is -0.554. The van der Waals surface area contributed by atoms with Crippen molar-refractivity contribution >= 4 is 17.6 Å². The molecule has 0 radical (unpaired) electrons. The fourth-order valence-electron chi connectivity index (χ4n) is 1.39. The summed E-state index contributed by atoms with van der Waals surface area (Å²) >= 11 is 0. The van der Waals surface area contributed by atoms with E-state index in [2.05, 4.69) is 0 Å². The number of benzene rings is 1. The molecule has 2 atom stereocenters. The number of aliphatic carboxylic acids is 1. The first-order chi connectivity index (χ1) is 7.86. The van der Waals surface area contributed by atoms with Gasteiger partial charge in [-0.05, 0) is 12.1 Å². The molecule has 7 heteroatoms. The highest BCUT2D eigenvalue weighted by molar-refractivity contribution is 5.91. The molecular formula is C10H11NO6. The number of hydrogen-bond acceptors (Lipinski definition) is 5. The zero-order valence-electron chi connectivity index (χ0n) is 8.57. The third kappa shape index (κ3) is 2.52. The molecule has 7 nitrogen and oxygen atoms in total. The van der Waals surface area contributed by atoms with E-state index < -0.39 is 24.1 Å². The second-order valence-electron chi connectivity index (χ2n) is 3.34. The summed E-state index contributed by atoms with van der Waals surface area (Å²) in [4.78, 5) is 21.4. The molecule has 6 N–H and O–H groups in total. The second-order valence-corrected chi connectivity index (χ2v) is 3.34. The molecule has 1 aromatic rings. The summed E-state index contributed by atoms with van der Waals surface area (Å²) in [7, 11) is 0. The summed E-state index contributed by atoms with van der Waals surface area (Å²) in [5.41, 5.74) is 4.71. The Bertz CT molecular complexity index is 458. The number of aliphatic hydroxyl groups excluding tert-OH is 2. The van der Waals surface area contributed by atoms with Crippen molar-refractivity contribution in [2.75, 3.05) is 5.73 Å². The number of aromatic carboxylic acids is 1. The highest BCUT2D eigenvalue weighted by Gasteiger charge is 2.30. The maximum absolute atomic E-state index is 10.9. The van der Waals surface area contributed by atoms with Gasteiger partial charge < -0.3 is 26.2 Å². The van der Waals surface area contributed by atoms with Crippen molar-refractivity contribution < 1.29 is 30.0 Å². The summed E-state index contributed by atoms with van der Waals surface area (Å²) in [5.74, 6) is -3.04. The number of carbonyl (C=O) groups is 2. The molecule has 1 aromatic carbocycles. The first kappa shape index (κ1) is 12.9. The molecule has 1 rings (SSSR count). The zero-order valence-corrected chi connectivity index (χ0v) is 8.57. The van der Waals surface area contributed by atoms with Gasteiger partial charge >= 0.3 is 11.9 Å². The van der Waals surface area contributed by atoms with Crippen LogP contribution >= 0.6 is 0 Å². The van der Waals surface area contributed by atoms with Crippen molar-refractivity contribution in [1.29, 1.82) is 0 Å². The van der Waals surface area contributed by atoms with E-state index in [0.29, 0.717) is 0 Å². The predicted molar refractivity (Wildman–Crippen MR) is 56.4 cm³/mol. The molecule has 0 saturated heterocycles. The smallest absolute Gasteiger partial charge is 0.336 e.